The van der Waals surface area contributed by atoms with Crippen molar-refractivity contribution < 1.29 is 4.92 Å². The molecule has 1 N–H and O–H groups in total. The van der Waals surface area contributed by atoms with Gasteiger partial charge < -0.3 is 9.88 Å². The normalized spacial score (nSPS) is 10.9. The predicted octanol–water partition coefficient (Wildman–Crippen LogP) is 5.72. The molecule has 1 aromatic heterocycles. The Kier molecular flexibility index (Phi) is 4.54. The minimum Gasteiger partial charge on any atom is -0.367 e. The van der Waals surface area contributed by atoms with Crippen molar-refractivity contribution in [2.45, 2.75) is 6.67 Å². The Bertz CT molecular complexity index is 968. The first-order chi connectivity index (χ1) is 11.0. The number of rotatable bonds is 4. The van der Waals surface area contributed by atoms with Gasteiger partial charge in [-0.25, -0.2) is 0 Å². The molecule has 0 saturated heterocycles. The van der Waals surface area contributed by atoms with Crippen LogP contribution >= 0.6 is 46.8 Å². The Morgan fingerprint density at radius 2 is 2.00 bits per heavy atom. The van der Waals surface area contributed by atoms with Gasteiger partial charge in [0.15, 0.2) is 3.95 Å². The van der Waals surface area contributed by atoms with E-state index in [1.54, 1.807) is 18.2 Å². The molecule has 0 amide bonds. The monoisotopic (exact) mass is 385 g/mol. The fourth-order valence-electron chi connectivity index (χ4n) is 2.09. The Labute approximate surface area is 150 Å². The third kappa shape index (κ3) is 3.32. The summed E-state index contributed by atoms with van der Waals surface area (Å²) in [6.45, 7) is 0.425. The number of fused-ring (bicyclic) bond motifs is 1. The Morgan fingerprint density at radius 3 is 2.70 bits per heavy atom. The van der Waals surface area contributed by atoms with Crippen LogP contribution < -0.4 is 5.32 Å². The summed E-state index contributed by atoms with van der Waals surface area (Å²) in [6.07, 6.45) is 0. The quantitative estimate of drug-likeness (QED) is 0.354. The van der Waals surface area contributed by atoms with Gasteiger partial charge in [0.05, 0.1) is 31.9 Å². The highest BCUT2D eigenvalue weighted by Crippen LogP contribution is 2.28. The molecule has 0 atom stereocenters. The van der Waals surface area contributed by atoms with Crippen LogP contribution in [0.15, 0.2) is 36.4 Å². The van der Waals surface area contributed by atoms with E-state index in [1.165, 1.54) is 23.5 Å². The van der Waals surface area contributed by atoms with E-state index in [0.717, 1.165) is 15.9 Å². The molecule has 0 fully saturated rings. The van der Waals surface area contributed by atoms with Crippen LogP contribution in [-0.2, 0) is 6.67 Å². The predicted molar refractivity (Wildman–Crippen MR) is 97.4 cm³/mol. The number of anilines is 1. The largest absolute Gasteiger partial charge is 0.367 e. The smallest absolute Gasteiger partial charge is 0.270 e. The topological polar surface area (TPSA) is 60.1 Å². The molecule has 23 heavy (non-hydrogen) atoms. The minimum atomic E-state index is -0.416. The van der Waals surface area contributed by atoms with E-state index in [4.69, 9.17) is 35.4 Å². The van der Waals surface area contributed by atoms with Gasteiger partial charge in [-0.05, 0) is 36.5 Å². The zero-order chi connectivity index (χ0) is 16.6. The average molecular weight is 386 g/mol. The van der Waals surface area contributed by atoms with Crippen molar-refractivity contribution in [1.29, 1.82) is 0 Å². The molecule has 0 unspecified atom stereocenters. The fraction of sp³-hybridized carbons (Fsp3) is 0.0714. The number of halogens is 2. The van der Waals surface area contributed by atoms with Gasteiger partial charge in [0, 0.05) is 17.8 Å². The molecule has 0 aliphatic heterocycles. The van der Waals surface area contributed by atoms with Crippen molar-refractivity contribution in [2.24, 2.45) is 0 Å². The standard InChI is InChI=1S/C14H9Cl2N3O2S2/c15-10-3-1-8(5-11(10)16)17-7-18-12-4-2-9(19(20)21)6-13(12)23-14(18)22/h1-6,17H,7H2. The molecule has 9 heteroatoms. The molecule has 3 rings (SSSR count). The summed E-state index contributed by atoms with van der Waals surface area (Å²) >= 11 is 18.6. The number of thiazole rings is 1. The van der Waals surface area contributed by atoms with Gasteiger partial charge in [0.2, 0.25) is 0 Å². The Morgan fingerprint density at radius 1 is 1.22 bits per heavy atom. The molecular formula is C14H9Cl2N3O2S2. The van der Waals surface area contributed by atoms with Crippen LogP contribution in [0.4, 0.5) is 11.4 Å². The third-order valence-electron chi connectivity index (χ3n) is 3.22. The van der Waals surface area contributed by atoms with Crippen molar-refractivity contribution in [3.63, 3.8) is 0 Å². The first-order valence-corrected chi connectivity index (χ1v) is 8.40. The number of aromatic nitrogens is 1. The van der Waals surface area contributed by atoms with E-state index < -0.39 is 4.92 Å². The van der Waals surface area contributed by atoms with E-state index in [9.17, 15) is 10.1 Å². The fourth-order valence-corrected chi connectivity index (χ4v) is 3.75. The molecule has 0 aliphatic rings. The third-order valence-corrected chi connectivity index (χ3v) is 5.37. The summed E-state index contributed by atoms with van der Waals surface area (Å²) in [5.41, 5.74) is 1.71. The molecule has 5 nitrogen and oxygen atoms in total. The maximum atomic E-state index is 10.8. The van der Waals surface area contributed by atoms with Crippen molar-refractivity contribution >= 4 is 68.3 Å². The number of nitrogens with one attached hydrogen (secondary N) is 1. The van der Waals surface area contributed by atoms with Crippen LogP contribution in [-0.4, -0.2) is 9.49 Å². The first kappa shape index (κ1) is 16.2. The summed E-state index contributed by atoms with van der Waals surface area (Å²) in [5.74, 6) is 0. The highest BCUT2D eigenvalue weighted by molar-refractivity contribution is 7.73. The van der Waals surface area contributed by atoms with Gasteiger partial charge in [-0.2, -0.15) is 0 Å². The number of nitro groups is 1. The van der Waals surface area contributed by atoms with Crippen molar-refractivity contribution in [3.05, 3.63) is 60.5 Å². The summed E-state index contributed by atoms with van der Waals surface area (Å²) in [4.78, 5) is 10.4. The molecular weight excluding hydrogens is 377 g/mol. The zero-order valence-corrected chi connectivity index (χ0v) is 14.6. The van der Waals surface area contributed by atoms with Crippen LogP contribution in [0.3, 0.4) is 0 Å². The van der Waals surface area contributed by atoms with Gasteiger partial charge >= 0.3 is 0 Å². The van der Waals surface area contributed by atoms with E-state index in [-0.39, 0.29) is 5.69 Å². The Balaban J connectivity index is 1.90. The number of hydrogen-bond acceptors (Lipinski definition) is 5. The number of benzene rings is 2. The molecule has 1 heterocycles. The van der Waals surface area contributed by atoms with Crippen LogP contribution in [0, 0.1) is 14.1 Å². The molecule has 0 radical (unpaired) electrons. The molecule has 3 aromatic rings. The van der Waals surface area contributed by atoms with Gasteiger partial charge in [0.25, 0.3) is 5.69 Å². The van der Waals surface area contributed by atoms with Crippen molar-refractivity contribution in [3.8, 4) is 0 Å². The first-order valence-electron chi connectivity index (χ1n) is 6.42. The molecule has 118 valence electrons. The lowest BCUT2D eigenvalue weighted by Gasteiger charge is -2.09. The number of nitrogens with zero attached hydrogens (tertiary/aromatic N) is 2. The SMILES string of the molecule is O=[N+]([O-])c1ccc2c(c1)sc(=S)n2CNc1ccc(Cl)c(Cl)c1. The summed E-state index contributed by atoms with van der Waals surface area (Å²) in [6, 6.07) is 9.96. The lowest BCUT2D eigenvalue weighted by atomic mass is 10.3. The second-order valence-electron chi connectivity index (χ2n) is 4.67. The van der Waals surface area contributed by atoms with Gasteiger partial charge in [-0.3, -0.25) is 10.1 Å². The lowest BCUT2D eigenvalue weighted by Crippen LogP contribution is -2.07. The van der Waals surface area contributed by atoms with Crippen LogP contribution in [0.1, 0.15) is 0 Å². The summed E-state index contributed by atoms with van der Waals surface area (Å²) < 4.78 is 3.29. The summed E-state index contributed by atoms with van der Waals surface area (Å²) in [7, 11) is 0. The zero-order valence-electron chi connectivity index (χ0n) is 11.5. The molecule has 2 aromatic carbocycles. The number of hydrogen-bond donors (Lipinski definition) is 1. The molecule has 0 spiro atoms. The molecule has 0 aliphatic carbocycles. The second kappa shape index (κ2) is 6.45. The minimum absolute atomic E-state index is 0.0540. The van der Waals surface area contributed by atoms with E-state index >= 15 is 0 Å². The number of nitro benzene ring substituents is 1. The van der Waals surface area contributed by atoms with E-state index in [1.807, 2.05) is 10.6 Å². The maximum absolute atomic E-state index is 10.8. The van der Waals surface area contributed by atoms with Gasteiger partial charge in [-0.1, -0.05) is 23.2 Å². The van der Waals surface area contributed by atoms with E-state index in [0.29, 0.717) is 20.7 Å². The maximum Gasteiger partial charge on any atom is 0.270 e. The van der Waals surface area contributed by atoms with Crippen LogP contribution in [0.25, 0.3) is 10.2 Å². The highest BCUT2D eigenvalue weighted by atomic mass is 35.5. The highest BCUT2D eigenvalue weighted by Gasteiger charge is 2.11. The second-order valence-corrected chi connectivity index (χ2v) is 7.16. The number of non-ortho nitro benzene ring substituents is 1. The van der Waals surface area contributed by atoms with Crippen molar-refractivity contribution in [1.82, 2.24) is 4.57 Å². The van der Waals surface area contributed by atoms with Crippen LogP contribution in [0.5, 0.6) is 0 Å². The molecule has 0 saturated carbocycles. The van der Waals surface area contributed by atoms with E-state index in [2.05, 4.69) is 5.32 Å². The summed E-state index contributed by atoms with van der Waals surface area (Å²) in [5, 5.41) is 15.0. The average Bonchev–Trinajstić information content (AvgIpc) is 2.83. The van der Waals surface area contributed by atoms with Crippen LogP contribution in [0.2, 0.25) is 10.0 Å². The lowest BCUT2D eigenvalue weighted by molar-refractivity contribution is -0.384. The van der Waals surface area contributed by atoms with Gasteiger partial charge in [0.1, 0.15) is 0 Å². The van der Waals surface area contributed by atoms with Gasteiger partial charge in [-0.15, -0.1) is 11.3 Å². The molecule has 0 bridgehead atoms. The van der Waals surface area contributed by atoms with Crippen molar-refractivity contribution in [2.75, 3.05) is 5.32 Å². The Hall–Kier alpha value is -1.67.